The molecule has 0 saturated carbocycles. The molecule has 4 nitrogen and oxygen atoms in total. The Morgan fingerprint density at radius 2 is 1.53 bits per heavy atom. The smallest absolute Gasteiger partial charge is 0.404 e. The highest BCUT2D eigenvalue weighted by molar-refractivity contribution is 5.63. The van der Waals surface area contributed by atoms with Gasteiger partial charge in [-0.25, -0.2) is 4.79 Å². The van der Waals surface area contributed by atoms with Crippen molar-refractivity contribution in [3.63, 3.8) is 0 Å². The maximum Gasteiger partial charge on any atom is 0.404 e. The number of nitrogens with zero attached hydrogens (tertiary/aromatic N) is 1. The van der Waals surface area contributed by atoms with Crippen molar-refractivity contribution < 1.29 is 9.90 Å². The van der Waals surface area contributed by atoms with E-state index in [-0.39, 0.29) is 0 Å². The topological polar surface area (TPSA) is 52.6 Å². The zero-order chi connectivity index (χ0) is 13.9. The molecule has 4 heteroatoms. The molecule has 0 unspecified atom stereocenters. The lowest BCUT2D eigenvalue weighted by molar-refractivity contribution is -0.0255. The van der Waals surface area contributed by atoms with Crippen molar-refractivity contribution in [2.24, 2.45) is 5.92 Å². The normalized spacial score (nSPS) is 23.5. The van der Waals surface area contributed by atoms with E-state index in [9.17, 15) is 4.79 Å². The van der Waals surface area contributed by atoms with Gasteiger partial charge < -0.3 is 10.4 Å². The largest absolute Gasteiger partial charge is 0.465 e. The second-order valence-corrected chi connectivity index (χ2v) is 6.25. The maximum absolute atomic E-state index is 9.26. The molecule has 1 saturated heterocycles. The fourth-order valence-corrected chi connectivity index (χ4v) is 2.87. The molecule has 0 bridgehead atoms. The van der Waals surface area contributed by atoms with Crippen molar-refractivity contribution >= 4 is 6.09 Å². The van der Waals surface area contributed by atoms with Crippen molar-refractivity contribution in [1.29, 1.82) is 0 Å². The number of nitrogens with one attached hydrogen (secondary N) is 1. The van der Waals surface area contributed by atoms with Crippen molar-refractivity contribution in [2.75, 3.05) is 14.1 Å². The molecular weight excluding hydrogens is 216 g/mol. The highest BCUT2D eigenvalue weighted by atomic mass is 16.4. The van der Waals surface area contributed by atoms with Gasteiger partial charge in [-0.05, 0) is 53.5 Å². The van der Waals surface area contributed by atoms with Gasteiger partial charge in [-0.2, -0.15) is 0 Å². The summed E-state index contributed by atoms with van der Waals surface area (Å²) < 4.78 is 0. The second kappa shape index (κ2) is 5.71. The van der Waals surface area contributed by atoms with Gasteiger partial charge in [-0.15, -0.1) is 0 Å². The number of amides is 1. The van der Waals surface area contributed by atoms with Gasteiger partial charge in [0.25, 0.3) is 0 Å². The van der Waals surface area contributed by atoms with E-state index >= 15 is 0 Å². The van der Waals surface area contributed by atoms with Crippen LogP contribution >= 0.6 is 0 Å². The minimum Gasteiger partial charge on any atom is -0.465 e. The van der Waals surface area contributed by atoms with E-state index in [0.717, 1.165) is 5.92 Å². The molecule has 102 valence electrons. The first-order valence-electron chi connectivity index (χ1n) is 6.17. The van der Waals surface area contributed by atoms with E-state index in [1.807, 2.05) is 5.32 Å². The van der Waals surface area contributed by atoms with Crippen molar-refractivity contribution in [3.05, 3.63) is 0 Å². The Morgan fingerprint density at radius 3 is 1.76 bits per heavy atom. The maximum atomic E-state index is 9.26. The van der Waals surface area contributed by atoms with Crippen LogP contribution in [0, 0.1) is 5.92 Å². The Labute approximate surface area is 105 Å². The van der Waals surface area contributed by atoms with E-state index in [1.54, 1.807) is 0 Å². The second-order valence-electron chi connectivity index (χ2n) is 6.25. The Hall–Kier alpha value is -0.770. The molecule has 0 aliphatic carbocycles. The van der Waals surface area contributed by atoms with Crippen LogP contribution in [0.4, 0.5) is 4.79 Å². The van der Waals surface area contributed by atoms with Crippen LogP contribution in [0.1, 0.15) is 47.5 Å². The zero-order valence-corrected chi connectivity index (χ0v) is 12.3. The van der Waals surface area contributed by atoms with Gasteiger partial charge in [0.05, 0.1) is 0 Å². The summed E-state index contributed by atoms with van der Waals surface area (Å²) in [6.07, 6.45) is 1.66. The molecule has 1 heterocycles. The fourth-order valence-electron chi connectivity index (χ4n) is 2.87. The van der Waals surface area contributed by atoms with E-state index in [4.69, 9.17) is 5.11 Å². The van der Waals surface area contributed by atoms with Crippen LogP contribution < -0.4 is 5.32 Å². The summed E-state index contributed by atoms with van der Waals surface area (Å²) >= 11 is 0. The Bertz CT molecular complexity index is 244. The highest BCUT2D eigenvalue weighted by Gasteiger charge is 2.41. The number of piperidine rings is 1. The summed E-state index contributed by atoms with van der Waals surface area (Å²) in [6, 6.07) is 0. The standard InChI is InChI=1S/C11H23N.C2H5NO2/c1-9-7-10(2,3)12(6)11(4,5)8-9;1-3-2(4)5/h9H,7-8H2,1-6H3;3H,1H3,(H,4,5). The average Bonchev–Trinajstić information content (AvgIpc) is 2.13. The molecule has 0 radical (unpaired) electrons. The Morgan fingerprint density at radius 1 is 1.24 bits per heavy atom. The molecule has 2 N–H and O–H groups in total. The zero-order valence-electron chi connectivity index (χ0n) is 12.3. The predicted octanol–water partition coefficient (Wildman–Crippen LogP) is 2.79. The van der Waals surface area contributed by atoms with Gasteiger partial charge in [0.2, 0.25) is 0 Å². The molecule has 1 fully saturated rings. The lowest BCUT2D eigenvalue weighted by Crippen LogP contribution is -2.58. The van der Waals surface area contributed by atoms with Gasteiger partial charge in [0.15, 0.2) is 0 Å². The number of likely N-dealkylation sites (tertiary alicyclic amines) is 1. The molecule has 0 atom stereocenters. The summed E-state index contributed by atoms with van der Waals surface area (Å²) in [5.74, 6) is 0.867. The molecule has 0 aromatic heterocycles. The molecular formula is C13H28N2O2. The number of hydrogen-bond donors (Lipinski definition) is 2. The van der Waals surface area contributed by atoms with E-state index in [0.29, 0.717) is 11.1 Å². The summed E-state index contributed by atoms with van der Waals surface area (Å²) in [5, 5.41) is 9.56. The number of carboxylic acid groups (broad SMARTS) is 1. The van der Waals surface area contributed by atoms with E-state index in [1.165, 1.54) is 19.9 Å². The van der Waals surface area contributed by atoms with Gasteiger partial charge in [0, 0.05) is 18.1 Å². The first kappa shape index (κ1) is 16.2. The molecule has 17 heavy (non-hydrogen) atoms. The van der Waals surface area contributed by atoms with Crippen LogP contribution in [0.25, 0.3) is 0 Å². The quantitative estimate of drug-likeness (QED) is 0.689. The van der Waals surface area contributed by atoms with Crippen LogP contribution in [0.5, 0.6) is 0 Å². The molecule has 0 aromatic rings. The highest BCUT2D eigenvalue weighted by Crippen LogP contribution is 2.39. The van der Waals surface area contributed by atoms with Crippen LogP contribution in [0.3, 0.4) is 0 Å². The van der Waals surface area contributed by atoms with Crippen LogP contribution in [0.2, 0.25) is 0 Å². The number of rotatable bonds is 0. The monoisotopic (exact) mass is 244 g/mol. The Balaban J connectivity index is 0.000000437. The molecule has 1 amide bonds. The van der Waals surface area contributed by atoms with Crippen molar-refractivity contribution in [1.82, 2.24) is 10.2 Å². The van der Waals surface area contributed by atoms with Gasteiger partial charge >= 0.3 is 6.09 Å². The number of hydrogen-bond acceptors (Lipinski definition) is 2. The third kappa shape index (κ3) is 4.94. The van der Waals surface area contributed by atoms with Crippen molar-refractivity contribution in [3.8, 4) is 0 Å². The van der Waals surface area contributed by atoms with Crippen LogP contribution in [-0.2, 0) is 0 Å². The van der Waals surface area contributed by atoms with Gasteiger partial charge in [0.1, 0.15) is 0 Å². The minimum atomic E-state index is -0.995. The van der Waals surface area contributed by atoms with Gasteiger partial charge in [-0.1, -0.05) is 6.92 Å². The third-order valence-electron chi connectivity index (χ3n) is 3.73. The molecule has 1 aliphatic heterocycles. The molecule has 1 aliphatic rings. The fraction of sp³-hybridized carbons (Fsp3) is 0.923. The lowest BCUT2D eigenvalue weighted by Gasteiger charge is -2.53. The van der Waals surface area contributed by atoms with Crippen LogP contribution in [0.15, 0.2) is 0 Å². The number of carbonyl (C=O) groups is 1. The molecule has 0 aromatic carbocycles. The Kier molecular flexibility index (Phi) is 5.46. The first-order valence-corrected chi connectivity index (χ1v) is 6.17. The van der Waals surface area contributed by atoms with Crippen LogP contribution in [-0.4, -0.2) is 41.3 Å². The van der Waals surface area contributed by atoms with Gasteiger partial charge in [-0.3, -0.25) is 4.90 Å². The van der Waals surface area contributed by atoms with Crippen molar-refractivity contribution in [2.45, 2.75) is 58.5 Å². The minimum absolute atomic E-state index is 0.376. The lowest BCUT2D eigenvalue weighted by atomic mass is 9.75. The summed E-state index contributed by atoms with van der Waals surface area (Å²) in [4.78, 5) is 11.8. The summed E-state index contributed by atoms with van der Waals surface area (Å²) in [7, 11) is 3.61. The summed E-state index contributed by atoms with van der Waals surface area (Å²) in [6.45, 7) is 11.8. The molecule has 1 rings (SSSR count). The first-order chi connectivity index (χ1) is 7.53. The molecule has 0 spiro atoms. The predicted molar refractivity (Wildman–Crippen MR) is 71.4 cm³/mol. The van der Waals surface area contributed by atoms with E-state index < -0.39 is 6.09 Å². The van der Waals surface area contributed by atoms with E-state index in [2.05, 4.69) is 46.6 Å². The SMILES string of the molecule is CC1CC(C)(C)N(C)C(C)(C)C1.CNC(=O)O. The third-order valence-corrected chi connectivity index (χ3v) is 3.73. The summed E-state index contributed by atoms with van der Waals surface area (Å²) in [5.41, 5.74) is 0.752. The average molecular weight is 244 g/mol.